The highest BCUT2D eigenvalue weighted by molar-refractivity contribution is 6.30. The van der Waals surface area contributed by atoms with Gasteiger partial charge in [0.15, 0.2) is 0 Å². The van der Waals surface area contributed by atoms with Crippen LogP contribution in [0.15, 0.2) is 24.3 Å². The molecule has 0 saturated carbocycles. The van der Waals surface area contributed by atoms with Gasteiger partial charge in [-0.05, 0) is 51.3 Å². The molecule has 1 rings (SSSR count). The van der Waals surface area contributed by atoms with Crippen LogP contribution in [0.25, 0.3) is 0 Å². The van der Waals surface area contributed by atoms with Crippen LogP contribution < -0.4 is 0 Å². The van der Waals surface area contributed by atoms with E-state index in [-0.39, 0.29) is 11.7 Å². The summed E-state index contributed by atoms with van der Waals surface area (Å²) in [7, 11) is 0. The van der Waals surface area contributed by atoms with E-state index >= 15 is 0 Å². The lowest BCUT2D eigenvalue weighted by molar-refractivity contribution is -0.0363. The van der Waals surface area contributed by atoms with Crippen LogP contribution in [0.1, 0.15) is 32.8 Å². The Morgan fingerprint density at radius 1 is 1.41 bits per heavy atom. The van der Waals surface area contributed by atoms with Crippen molar-refractivity contribution < 1.29 is 4.74 Å². The van der Waals surface area contributed by atoms with E-state index in [1.54, 1.807) is 0 Å². The Bertz CT molecular complexity index is 398. The Labute approximate surface area is 109 Å². The summed E-state index contributed by atoms with van der Waals surface area (Å²) in [5.41, 5.74) is 0.987. The van der Waals surface area contributed by atoms with Gasteiger partial charge in [-0.25, -0.2) is 0 Å². The second-order valence-corrected chi connectivity index (χ2v) is 5.49. The van der Waals surface area contributed by atoms with E-state index < -0.39 is 0 Å². The first-order valence-corrected chi connectivity index (χ1v) is 6.17. The van der Waals surface area contributed by atoms with Gasteiger partial charge >= 0.3 is 0 Å². The maximum Gasteiger partial charge on any atom is 0.119 e. The lowest BCUT2D eigenvalue weighted by Gasteiger charge is -2.24. The highest BCUT2D eigenvalue weighted by Crippen LogP contribution is 2.17. The topological polar surface area (TPSA) is 9.23 Å². The van der Waals surface area contributed by atoms with Gasteiger partial charge in [0, 0.05) is 5.02 Å². The number of aryl methyl sites for hydroxylation is 1. The number of ether oxygens (including phenoxy) is 1. The monoisotopic (exact) mass is 250 g/mol. The van der Waals surface area contributed by atoms with Crippen LogP contribution in [0.3, 0.4) is 0 Å². The number of benzene rings is 1. The van der Waals surface area contributed by atoms with Crippen LogP contribution in [0, 0.1) is 12.3 Å². The number of rotatable bonds is 4. The number of halogens is 1. The SMILES string of the molecule is C#CC(CCc1cccc(Cl)c1)OC(C)(C)C. The lowest BCUT2D eigenvalue weighted by Crippen LogP contribution is -2.26. The highest BCUT2D eigenvalue weighted by atomic mass is 35.5. The molecule has 0 heterocycles. The molecule has 0 fully saturated rings. The van der Waals surface area contributed by atoms with Crippen molar-refractivity contribution in [1.29, 1.82) is 0 Å². The molecule has 1 aromatic rings. The Hall–Kier alpha value is -0.970. The first kappa shape index (κ1) is 14.1. The molecule has 2 heteroatoms. The van der Waals surface area contributed by atoms with E-state index in [1.807, 2.05) is 39.0 Å². The summed E-state index contributed by atoms with van der Waals surface area (Å²) < 4.78 is 5.77. The molecule has 1 aromatic carbocycles. The van der Waals surface area contributed by atoms with E-state index in [0.29, 0.717) is 0 Å². The van der Waals surface area contributed by atoms with Crippen LogP contribution >= 0.6 is 11.6 Å². The van der Waals surface area contributed by atoms with Gasteiger partial charge in [-0.2, -0.15) is 0 Å². The Morgan fingerprint density at radius 2 is 2.12 bits per heavy atom. The average Bonchev–Trinajstić information content (AvgIpc) is 2.23. The molecular weight excluding hydrogens is 232 g/mol. The summed E-state index contributed by atoms with van der Waals surface area (Å²) in [5.74, 6) is 2.69. The number of hydrogen-bond donors (Lipinski definition) is 0. The first-order valence-electron chi connectivity index (χ1n) is 5.79. The molecular formula is C15H19ClO. The zero-order chi connectivity index (χ0) is 12.9. The van der Waals surface area contributed by atoms with Gasteiger partial charge in [0.25, 0.3) is 0 Å². The smallest absolute Gasteiger partial charge is 0.119 e. The zero-order valence-electron chi connectivity index (χ0n) is 10.7. The van der Waals surface area contributed by atoms with Crippen LogP contribution in [-0.2, 0) is 11.2 Å². The predicted molar refractivity (Wildman–Crippen MR) is 73.2 cm³/mol. The molecule has 0 aliphatic heterocycles. The molecule has 0 radical (unpaired) electrons. The molecule has 17 heavy (non-hydrogen) atoms. The fourth-order valence-corrected chi connectivity index (χ4v) is 1.81. The second-order valence-electron chi connectivity index (χ2n) is 5.05. The number of hydrogen-bond acceptors (Lipinski definition) is 1. The van der Waals surface area contributed by atoms with E-state index in [1.165, 1.54) is 5.56 Å². The van der Waals surface area contributed by atoms with Gasteiger partial charge in [0.2, 0.25) is 0 Å². The molecule has 0 aliphatic rings. The third-order valence-corrected chi connectivity index (χ3v) is 2.50. The van der Waals surface area contributed by atoms with Crippen LogP contribution in [-0.4, -0.2) is 11.7 Å². The summed E-state index contributed by atoms with van der Waals surface area (Å²) >= 11 is 5.93. The van der Waals surface area contributed by atoms with Crippen molar-refractivity contribution in [3.05, 3.63) is 34.9 Å². The lowest BCUT2D eigenvalue weighted by atomic mass is 10.1. The standard InChI is InChI=1S/C15H19ClO/c1-5-14(17-15(2,3)4)10-9-12-7-6-8-13(16)11-12/h1,6-8,11,14H,9-10H2,2-4H3. The maximum atomic E-state index is 5.93. The molecule has 1 nitrogen and oxygen atoms in total. The summed E-state index contributed by atoms with van der Waals surface area (Å²) in [5, 5.41) is 0.761. The largest absolute Gasteiger partial charge is 0.360 e. The molecule has 0 bridgehead atoms. The Kier molecular flexibility index (Phi) is 5.05. The second kappa shape index (κ2) is 6.10. The van der Waals surface area contributed by atoms with Gasteiger partial charge in [0.1, 0.15) is 6.10 Å². The Morgan fingerprint density at radius 3 is 2.65 bits per heavy atom. The van der Waals surface area contributed by atoms with Gasteiger partial charge < -0.3 is 4.74 Å². The van der Waals surface area contributed by atoms with Crippen molar-refractivity contribution >= 4 is 11.6 Å². The third-order valence-electron chi connectivity index (χ3n) is 2.27. The highest BCUT2D eigenvalue weighted by Gasteiger charge is 2.16. The van der Waals surface area contributed by atoms with Gasteiger partial charge in [-0.15, -0.1) is 6.42 Å². The maximum absolute atomic E-state index is 5.93. The van der Waals surface area contributed by atoms with Crippen molar-refractivity contribution in [2.24, 2.45) is 0 Å². The summed E-state index contributed by atoms with van der Waals surface area (Å²) in [6.07, 6.45) is 7.02. The summed E-state index contributed by atoms with van der Waals surface area (Å²) in [6, 6.07) is 7.84. The minimum Gasteiger partial charge on any atom is -0.360 e. The normalized spacial score (nSPS) is 13.1. The molecule has 0 saturated heterocycles. The third kappa shape index (κ3) is 5.77. The Balaban J connectivity index is 2.52. The fourth-order valence-electron chi connectivity index (χ4n) is 1.59. The predicted octanol–water partition coefficient (Wildman–Crippen LogP) is 4.09. The minimum atomic E-state index is -0.203. The summed E-state index contributed by atoms with van der Waals surface area (Å²) in [4.78, 5) is 0. The minimum absolute atomic E-state index is 0.144. The molecule has 0 aliphatic carbocycles. The van der Waals surface area contributed by atoms with Gasteiger partial charge in [0.05, 0.1) is 5.60 Å². The summed E-state index contributed by atoms with van der Waals surface area (Å²) in [6.45, 7) is 6.03. The average molecular weight is 251 g/mol. The molecule has 0 N–H and O–H groups in total. The van der Waals surface area contributed by atoms with E-state index in [4.69, 9.17) is 22.8 Å². The van der Waals surface area contributed by atoms with Crippen molar-refractivity contribution in [1.82, 2.24) is 0 Å². The van der Waals surface area contributed by atoms with Crippen LogP contribution in [0.4, 0.5) is 0 Å². The van der Waals surface area contributed by atoms with Crippen LogP contribution in [0.5, 0.6) is 0 Å². The quantitative estimate of drug-likeness (QED) is 0.732. The van der Waals surface area contributed by atoms with Crippen molar-refractivity contribution in [2.75, 3.05) is 0 Å². The number of terminal acetylenes is 1. The van der Waals surface area contributed by atoms with E-state index in [0.717, 1.165) is 17.9 Å². The zero-order valence-corrected chi connectivity index (χ0v) is 11.4. The van der Waals surface area contributed by atoms with Crippen molar-refractivity contribution in [3.63, 3.8) is 0 Å². The van der Waals surface area contributed by atoms with Crippen molar-refractivity contribution in [3.8, 4) is 12.3 Å². The van der Waals surface area contributed by atoms with Crippen molar-refractivity contribution in [2.45, 2.75) is 45.3 Å². The first-order chi connectivity index (χ1) is 7.90. The van der Waals surface area contributed by atoms with Gasteiger partial charge in [-0.1, -0.05) is 29.7 Å². The molecule has 0 aromatic heterocycles. The van der Waals surface area contributed by atoms with E-state index in [2.05, 4.69) is 12.0 Å². The molecule has 0 amide bonds. The fraction of sp³-hybridized carbons (Fsp3) is 0.467. The van der Waals surface area contributed by atoms with Gasteiger partial charge in [-0.3, -0.25) is 0 Å². The molecule has 92 valence electrons. The molecule has 1 atom stereocenters. The molecule has 1 unspecified atom stereocenters. The van der Waals surface area contributed by atoms with E-state index in [9.17, 15) is 0 Å². The van der Waals surface area contributed by atoms with Crippen LogP contribution in [0.2, 0.25) is 5.02 Å². The molecule has 0 spiro atoms.